The number of carbonyl (C=O) groups is 1. The van der Waals surface area contributed by atoms with Gasteiger partial charge in [0, 0.05) is 50.5 Å². The number of hydrogen-bond donors (Lipinski definition) is 0. The number of likely N-dealkylation sites (tertiary alicyclic amines) is 1. The van der Waals surface area contributed by atoms with Gasteiger partial charge < -0.3 is 4.90 Å². The second-order valence-electron chi connectivity index (χ2n) is 7.50. The van der Waals surface area contributed by atoms with Crippen molar-refractivity contribution in [1.29, 1.82) is 0 Å². The molecular formula is C21H28N4OS. The number of benzene rings is 1. The van der Waals surface area contributed by atoms with E-state index in [1.165, 1.54) is 16.2 Å². The zero-order chi connectivity index (χ0) is 18.6. The molecule has 3 heterocycles. The lowest BCUT2D eigenvalue weighted by atomic mass is 10.1. The van der Waals surface area contributed by atoms with Crippen molar-refractivity contribution in [3.05, 3.63) is 47.3 Å². The maximum absolute atomic E-state index is 12.3. The van der Waals surface area contributed by atoms with Crippen LogP contribution in [0.1, 0.15) is 36.2 Å². The van der Waals surface area contributed by atoms with Crippen LogP contribution in [0.3, 0.4) is 0 Å². The number of aryl methyl sites for hydroxylation is 1. The summed E-state index contributed by atoms with van der Waals surface area (Å²) in [5.74, 6) is 0.286. The molecule has 0 unspecified atom stereocenters. The highest BCUT2D eigenvalue weighted by atomic mass is 32.2. The molecule has 5 nitrogen and oxygen atoms in total. The van der Waals surface area contributed by atoms with Gasteiger partial charge in [0.2, 0.25) is 5.91 Å². The summed E-state index contributed by atoms with van der Waals surface area (Å²) in [6.45, 7) is 5.72. The van der Waals surface area contributed by atoms with E-state index in [0.29, 0.717) is 6.42 Å². The van der Waals surface area contributed by atoms with Crippen LogP contribution in [-0.4, -0.2) is 51.4 Å². The number of thioether (sulfide) groups is 1. The van der Waals surface area contributed by atoms with Gasteiger partial charge in [-0.3, -0.25) is 14.4 Å². The second-order valence-corrected chi connectivity index (χ2v) is 8.38. The minimum Gasteiger partial charge on any atom is -0.343 e. The van der Waals surface area contributed by atoms with Crippen LogP contribution < -0.4 is 0 Å². The number of aromatic nitrogens is 2. The SMILES string of the molecule is CSc1cccc(CN2CCn3nc(CCC(=O)N4CCCC4)cc3C2)c1. The Balaban J connectivity index is 1.33. The van der Waals surface area contributed by atoms with Gasteiger partial charge in [0.25, 0.3) is 0 Å². The molecule has 144 valence electrons. The molecule has 0 spiro atoms. The molecule has 2 aromatic rings. The van der Waals surface area contributed by atoms with E-state index in [9.17, 15) is 4.79 Å². The number of hydrogen-bond acceptors (Lipinski definition) is 4. The molecule has 6 heteroatoms. The molecule has 1 amide bonds. The van der Waals surface area contributed by atoms with E-state index in [2.05, 4.69) is 46.2 Å². The Morgan fingerprint density at radius 3 is 2.81 bits per heavy atom. The largest absolute Gasteiger partial charge is 0.343 e. The van der Waals surface area contributed by atoms with Gasteiger partial charge in [0.05, 0.1) is 17.9 Å². The lowest BCUT2D eigenvalue weighted by Crippen LogP contribution is -2.33. The zero-order valence-electron chi connectivity index (χ0n) is 16.1. The maximum atomic E-state index is 12.3. The fraction of sp³-hybridized carbons (Fsp3) is 0.524. The summed E-state index contributed by atoms with van der Waals surface area (Å²) < 4.78 is 2.13. The van der Waals surface area contributed by atoms with Crippen molar-refractivity contribution in [2.45, 2.75) is 50.2 Å². The molecule has 0 saturated carbocycles. The number of fused-ring (bicyclic) bond motifs is 1. The molecule has 1 aromatic heterocycles. The van der Waals surface area contributed by atoms with E-state index < -0.39 is 0 Å². The maximum Gasteiger partial charge on any atom is 0.222 e. The van der Waals surface area contributed by atoms with Gasteiger partial charge in [-0.15, -0.1) is 11.8 Å². The van der Waals surface area contributed by atoms with Crippen molar-refractivity contribution in [2.24, 2.45) is 0 Å². The Kier molecular flexibility index (Phi) is 5.83. The van der Waals surface area contributed by atoms with Crippen molar-refractivity contribution in [1.82, 2.24) is 19.6 Å². The summed E-state index contributed by atoms with van der Waals surface area (Å²) in [4.78, 5) is 18.1. The number of carbonyl (C=O) groups excluding carboxylic acids is 1. The fourth-order valence-corrected chi connectivity index (χ4v) is 4.51. The molecule has 1 aromatic carbocycles. The molecule has 1 fully saturated rings. The van der Waals surface area contributed by atoms with Gasteiger partial charge in [-0.2, -0.15) is 5.10 Å². The minimum atomic E-state index is 0.286. The van der Waals surface area contributed by atoms with Crippen molar-refractivity contribution in [3.8, 4) is 0 Å². The minimum absolute atomic E-state index is 0.286. The van der Waals surface area contributed by atoms with Gasteiger partial charge in [-0.05, 0) is 42.9 Å². The van der Waals surface area contributed by atoms with Crippen LogP contribution in [0.2, 0.25) is 0 Å². The fourth-order valence-electron chi connectivity index (χ4n) is 4.03. The topological polar surface area (TPSA) is 41.4 Å². The molecular weight excluding hydrogens is 356 g/mol. The van der Waals surface area contributed by atoms with E-state index >= 15 is 0 Å². The van der Waals surface area contributed by atoms with E-state index in [0.717, 1.165) is 64.2 Å². The predicted octanol–water partition coefficient (Wildman–Crippen LogP) is 3.18. The van der Waals surface area contributed by atoms with Gasteiger partial charge in [0.1, 0.15) is 0 Å². The first kappa shape index (κ1) is 18.6. The van der Waals surface area contributed by atoms with Crippen molar-refractivity contribution < 1.29 is 4.79 Å². The standard InChI is InChI=1S/C21H28N4OS/c1-27-20-6-4-5-17(13-20)15-23-11-12-25-19(16-23)14-18(22-25)7-8-21(26)24-9-2-3-10-24/h4-6,13-14H,2-3,7-12,15-16H2,1H3. The van der Waals surface area contributed by atoms with Gasteiger partial charge >= 0.3 is 0 Å². The summed E-state index contributed by atoms with van der Waals surface area (Å²) >= 11 is 1.79. The number of amides is 1. The van der Waals surface area contributed by atoms with Crippen LogP contribution in [-0.2, 0) is 30.8 Å². The van der Waals surface area contributed by atoms with E-state index in [-0.39, 0.29) is 5.91 Å². The monoisotopic (exact) mass is 384 g/mol. The first-order chi connectivity index (χ1) is 13.2. The van der Waals surface area contributed by atoms with Crippen LogP contribution >= 0.6 is 11.8 Å². The Bertz CT molecular complexity index is 797. The van der Waals surface area contributed by atoms with Gasteiger partial charge in [-0.1, -0.05) is 12.1 Å². The highest BCUT2D eigenvalue weighted by Gasteiger charge is 2.21. The third kappa shape index (κ3) is 4.55. The molecule has 4 rings (SSSR count). The quantitative estimate of drug-likeness (QED) is 0.718. The van der Waals surface area contributed by atoms with Crippen LogP contribution in [0.5, 0.6) is 0 Å². The van der Waals surface area contributed by atoms with Gasteiger partial charge in [0.15, 0.2) is 0 Å². The van der Waals surface area contributed by atoms with E-state index in [1.807, 2.05) is 4.90 Å². The predicted molar refractivity (Wildman–Crippen MR) is 109 cm³/mol. The molecule has 0 aliphatic carbocycles. The normalized spacial score (nSPS) is 17.3. The van der Waals surface area contributed by atoms with Crippen molar-refractivity contribution >= 4 is 17.7 Å². The average molecular weight is 385 g/mol. The molecule has 1 saturated heterocycles. The smallest absolute Gasteiger partial charge is 0.222 e. The lowest BCUT2D eigenvalue weighted by molar-refractivity contribution is -0.130. The van der Waals surface area contributed by atoms with E-state index in [4.69, 9.17) is 5.10 Å². The first-order valence-electron chi connectivity index (χ1n) is 9.90. The lowest BCUT2D eigenvalue weighted by Gasteiger charge is -2.27. The van der Waals surface area contributed by atoms with Crippen LogP contribution in [0.4, 0.5) is 0 Å². The molecule has 2 aliphatic rings. The Morgan fingerprint density at radius 2 is 2.00 bits per heavy atom. The van der Waals surface area contributed by atoms with Crippen molar-refractivity contribution in [3.63, 3.8) is 0 Å². The molecule has 2 aliphatic heterocycles. The summed E-state index contributed by atoms with van der Waals surface area (Å²) in [5, 5.41) is 4.73. The summed E-state index contributed by atoms with van der Waals surface area (Å²) in [5.41, 5.74) is 3.70. The summed E-state index contributed by atoms with van der Waals surface area (Å²) in [6, 6.07) is 11.0. The highest BCUT2D eigenvalue weighted by Crippen LogP contribution is 2.20. The van der Waals surface area contributed by atoms with Crippen LogP contribution in [0, 0.1) is 0 Å². The zero-order valence-corrected chi connectivity index (χ0v) is 16.9. The van der Waals surface area contributed by atoms with Crippen LogP contribution in [0.15, 0.2) is 35.2 Å². The summed E-state index contributed by atoms with van der Waals surface area (Å²) in [7, 11) is 0. The Hall–Kier alpha value is -1.79. The van der Waals surface area contributed by atoms with Crippen molar-refractivity contribution in [2.75, 3.05) is 25.9 Å². The third-order valence-electron chi connectivity index (χ3n) is 5.52. The molecule has 0 atom stereocenters. The average Bonchev–Trinajstić information content (AvgIpc) is 3.35. The Morgan fingerprint density at radius 1 is 1.15 bits per heavy atom. The first-order valence-corrected chi connectivity index (χ1v) is 11.1. The number of nitrogens with zero attached hydrogens (tertiary/aromatic N) is 4. The third-order valence-corrected chi connectivity index (χ3v) is 6.25. The van der Waals surface area contributed by atoms with E-state index in [1.54, 1.807) is 11.8 Å². The molecule has 0 bridgehead atoms. The summed E-state index contributed by atoms with van der Waals surface area (Å²) in [6.07, 6.45) is 5.77. The highest BCUT2D eigenvalue weighted by molar-refractivity contribution is 7.98. The molecule has 0 N–H and O–H groups in total. The van der Waals surface area contributed by atoms with Gasteiger partial charge in [-0.25, -0.2) is 0 Å². The Labute approximate surface area is 165 Å². The molecule has 0 radical (unpaired) electrons. The molecule has 27 heavy (non-hydrogen) atoms. The number of rotatable bonds is 6. The van der Waals surface area contributed by atoms with Crippen LogP contribution in [0.25, 0.3) is 0 Å². The second kappa shape index (κ2) is 8.48.